The fraction of sp³-hybridized carbons (Fsp3) is 0.143. The van der Waals surface area contributed by atoms with E-state index in [1.54, 1.807) is 6.08 Å². The smallest absolute Gasteiger partial charge is 0.236 e. The molecule has 5 heteroatoms. The zero-order valence-corrected chi connectivity index (χ0v) is 7.97. The molecule has 0 saturated heterocycles. The first-order valence-corrected chi connectivity index (χ1v) is 4.01. The molecule has 0 unspecified atom stereocenters. The van der Waals surface area contributed by atoms with E-state index in [4.69, 9.17) is 23.2 Å². The minimum absolute atomic E-state index is 0.102. The van der Waals surface area contributed by atoms with Crippen LogP contribution in [0.5, 0.6) is 0 Å². The lowest BCUT2D eigenvalue weighted by molar-refractivity contribution is 0.521. The van der Waals surface area contributed by atoms with E-state index in [9.17, 15) is 0 Å². The van der Waals surface area contributed by atoms with Gasteiger partial charge in [0.25, 0.3) is 0 Å². The van der Waals surface area contributed by atoms with Gasteiger partial charge in [0.05, 0.1) is 5.70 Å². The van der Waals surface area contributed by atoms with Crippen LogP contribution in [0.3, 0.4) is 0 Å². The van der Waals surface area contributed by atoms with Crippen LogP contribution in [0.2, 0.25) is 0 Å². The van der Waals surface area contributed by atoms with Crippen LogP contribution in [0.15, 0.2) is 34.6 Å². The SMILES string of the molecule is C=CN1N=C(Cl)N=C(Cl)C1=CC. The summed E-state index contributed by atoms with van der Waals surface area (Å²) in [6.45, 7) is 5.39. The molecular formula is C7H7Cl2N3. The van der Waals surface area contributed by atoms with Crippen molar-refractivity contribution in [1.82, 2.24) is 5.01 Å². The maximum absolute atomic E-state index is 5.78. The molecule has 0 aliphatic carbocycles. The topological polar surface area (TPSA) is 28.0 Å². The van der Waals surface area contributed by atoms with E-state index in [1.165, 1.54) is 11.2 Å². The van der Waals surface area contributed by atoms with Gasteiger partial charge in [0.15, 0.2) is 5.17 Å². The molecule has 0 fully saturated rings. The van der Waals surface area contributed by atoms with Gasteiger partial charge < -0.3 is 0 Å². The minimum atomic E-state index is 0.102. The molecule has 0 aromatic rings. The molecule has 3 nitrogen and oxygen atoms in total. The van der Waals surface area contributed by atoms with Crippen molar-refractivity contribution in [1.29, 1.82) is 0 Å². The lowest BCUT2D eigenvalue weighted by Crippen LogP contribution is -2.19. The van der Waals surface area contributed by atoms with Gasteiger partial charge in [0, 0.05) is 6.20 Å². The van der Waals surface area contributed by atoms with Gasteiger partial charge in [0.1, 0.15) is 0 Å². The highest BCUT2D eigenvalue weighted by Gasteiger charge is 2.15. The molecule has 64 valence electrons. The van der Waals surface area contributed by atoms with Crippen molar-refractivity contribution in [2.45, 2.75) is 6.92 Å². The van der Waals surface area contributed by atoms with Crippen molar-refractivity contribution in [3.05, 3.63) is 24.6 Å². The lowest BCUT2D eigenvalue weighted by Gasteiger charge is -2.19. The maximum atomic E-state index is 5.78. The first kappa shape index (κ1) is 9.29. The summed E-state index contributed by atoms with van der Waals surface area (Å²) in [4.78, 5) is 3.77. The number of nitrogens with zero attached hydrogens (tertiary/aromatic N) is 3. The summed E-state index contributed by atoms with van der Waals surface area (Å²) in [6, 6.07) is 0. The number of halogens is 2. The van der Waals surface area contributed by atoms with Crippen LogP contribution in [-0.2, 0) is 0 Å². The number of rotatable bonds is 1. The van der Waals surface area contributed by atoms with Gasteiger partial charge in [-0.05, 0) is 18.5 Å². The highest BCUT2D eigenvalue weighted by molar-refractivity contribution is 6.74. The second-order valence-electron chi connectivity index (χ2n) is 1.97. The molecule has 0 spiro atoms. The van der Waals surface area contributed by atoms with Crippen LogP contribution in [0.4, 0.5) is 0 Å². The number of aliphatic imine (C=N–C) groups is 1. The van der Waals surface area contributed by atoms with Crippen molar-refractivity contribution < 1.29 is 0 Å². The molecule has 0 aromatic carbocycles. The Balaban J connectivity index is 3.07. The van der Waals surface area contributed by atoms with Crippen molar-refractivity contribution in [3.8, 4) is 0 Å². The third-order valence-electron chi connectivity index (χ3n) is 1.29. The van der Waals surface area contributed by atoms with E-state index in [2.05, 4.69) is 16.7 Å². The molecule has 0 radical (unpaired) electrons. The van der Waals surface area contributed by atoms with Crippen LogP contribution in [-0.4, -0.2) is 15.5 Å². The van der Waals surface area contributed by atoms with Crippen molar-refractivity contribution >= 4 is 33.7 Å². The standard InChI is InChI=1S/C7H7Cl2N3/c1-3-5-6(8)10-7(9)11-12(5)4-2/h3-4H,2H2,1H3. The summed E-state index contributed by atoms with van der Waals surface area (Å²) >= 11 is 11.3. The Kier molecular flexibility index (Phi) is 2.89. The predicted octanol–water partition coefficient (Wildman–Crippen LogP) is 2.50. The summed E-state index contributed by atoms with van der Waals surface area (Å²) in [5, 5.41) is 5.75. The minimum Gasteiger partial charge on any atom is -0.236 e. The van der Waals surface area contributed by atoms with Gasteiger partial charge in [-0.25, -0.2) is 10.0 Å². The van der Waals surface area contributed by atoms with Crippen molar-refractivity contribution in [2.75, 3.05) is 0 Å². The Morgan fingerprint density at radius 2 is 2.17 bits per heavy atom. The van der Waals surface area contributed by atoms with E-state index in [0.29, 0.717) is 10.9 Å². The fourth-order valence-electron chi connectivity index (χ4n) is 0.788. The van der Waals surface area contributed by atoms with Gasteiger partial charge in [-0.1, -0.05) is 24.3 Å². The zero-order valence-electron chi connectivity index (χ0n) is 6.46. The van der Waals surface area contributed by atoms with E-state index >= 15 is 0 Å². The normalized spacial score (nSPS) is 20.6. The second-order valence-corrected chi connectivity index (χ2v) is 2.67. The molecule has 0 atom stereocenters. The second kappa shape index (κ2) is 3.74. The van der Waals surface area contributed by atoms with Crippen molar-refractivity contribution in [3.63, 3.8) is 0 Å². The Morgan fingerprint density at radius 1 is 1.50 bits per heavy atom. The van der Waals surface area contributed by atoms with Gasteiger partial charge in [-0.3, -0.25) is 0 Å². The van der Waals surface area contributed by atoms with Crippen molar-refractivity contribution in [2.24, 2.45) is 10.1 Å². The molecule has 1 heterocycles. The molecule has 0 amide bonds. The highest BCUT2D eigenvalue weighted by atomic mass is 35.5. The first-order valence-electron chi connectivity index (χ1n) is 3.25. The van der Waals surface area contributed by atoms with Gasteiger partial charge >= 0.3 is 0 Å². The molecule has 1 rings (SSSR count). The quantitative estimate of drug-likeness (QED) is 0.603. The maximum Gasteiger partial charge on any atom is 0.242 e. The highest BCUT2D eigenvalue weighted by Crippen LogP contribution is 2.17. The average Bonchev–Trinajstić information content (AvgIpc) is 2.03. The monoisotopic (exact) mass is 203 g/mol. The summed E-state index contributed by atoms with van der Waals surface area (Å²) in [6.07, 6.45) is 3.29. The van der Waals surface area contributed by atoms with Crippen LogP contribution in [0, 0.1) is 0 Å². The van der Waals surface area contributed by atoms with Gasteiger partial charge in [-0.2, -0.15) is 0 Å². The number of allylic oxidation sites excluding steroid dienone is 2. The zero-order chi connectivity index (χ0) is 9.14. The number of hydrogen-bond acceptors (Lipinski definition) is 3. The number of amidine groups is 1. The van der Waals surface area contributed by atoms with E-state index in [-0.39, 0.29) is 5.29 Å². The van der Waals surface area contributed by atoms with Crippen LogP contribution in [0.25, 0.3) is 0 Å². The van der Waals surface area contributed by atoms with Crippen LogP contribution in [0.1, 0.15) is 6.92 Å². The van der Waals surface area contributed by atoms with Gasteiger partial charge in [0.2, 0.25) is 5.29 Å². The fourth-order valence-corrected chi connectivity index (χ4v) is 1.27. The molecule has 0 aromatic heterocycles. The number of hydrazone groups is 1. The Hall–Kier alpha value is -0.800. The van der Waals surface area contributed by atoms with Crippen LogP contribution >= 0.6 is 23.2 Å². The summed E-state index contributed by atoms with van der Waals surface area (Å²) < 4.78 is 0. The molecular weight excluding hydrogens is 197 g/mol. The van der Waals surface area contributed by atoms with E-state index in [1.807, 2.05) is 6.92 Å². The molecule has 0 N–H and O–H groups in total. The number of hydrogen-bond donors (Lipinski definition) is 0. The molecule has 1 aliphatic rings. The summed E-state index contributed by atoms with van der Waals surface area (Å²) in [7, 11) is 0. The largest absolute Gasteiger partial charge is 0.242 e. The molecule has 1 aliphatic heterocycles. The molecule has 0 bridgehead atoms. The molecule has 0 saturated carbocycles. The third kappa shape index (κ3) is 1.68. The third-order valence-corrected chi connectivity index (χ3v) is 1.72. The predicted molar refractivity (Wildman–Crippen MR) is 52.4 cm³/mol. The Labute approximate surface area is 80.7 Å². The Bertz CT molecular complexity index is 291. The Morgan fingerprint density at radius 3 is 2.67 bits per heavy atom. The molecule has 12 heavy (non-hydrogen) atoms. The van der Waals surface area contributed by atoms with Crippen LogP contribution < -0.4 is 0 Å². The van der Waals surface area contributed by atoms with E-state index < -0.39 is 0 Å². The summed E-state index contributed by atoms with van der Waals surface area (Å²) in [5.41, 5.74) is 0.677. The van der Waals surface area contributed by atoms with Gasteiger partial charge in [-0.15, -0.1) is 5.10 Å². The van der Waals surface area contributed by atoms with E-state index in [0.717, 1.165) is 0 Å². The lowest BCUT2D eigenvalue weighted by atomic mass is 10.4. The average molecular weight is 204 g/mol. The summed E-state index contributed by atoms with van der Waals surface area (Å²) in [5.74, 6) is 0. The first-order chi connectivity index (χ1) is 5.69.